The van der Waals surface area contributed by atoms with Crippen LogP contribution in [0.15, 0.2) is 35.6 Å². The van der Waals surface area contributed by atoms with Gasteiger partial charge in [-0.1, -0.05) is 0 Å². The molecule has 4 N–H and O–H groups in total. The Balaban J connectivity index is 2.14. The first-order valence-electron chi connectivity index (χ1n) is 6.43. The van der Waals surface area contributed by atoms with Crippen molar-refractivity contribution in [3.8, 4) is 11.5 Å². The van der Waals surface area contributed by atoms with E-state index in [1.165, 1.54) is 36.7 Å². The molecule has 1 aromatic carbocycles. The predicted octanol–water partition coefficient (Wildman–Crippen LogP) is 1.06. The van der Waals surface area contributed by atoms with Gasteiger partial charge in [-0.3, -0.25) is 9.78 Å². The van der Waals surface area contributed by atoms with E-state index < -0.39 is 5.91 Å². The van der Waals surface area contributed by atoms with Crippen LogP contribution in [0.4, 0.5) is 0 Å². The highest BCUT2D eigenvalue weighted by Gasteiger charge is 2.09. The van der Waals surface area contributed by atoms with Gasteiger partial charge in [0.1, 0.15) is 11.5 Å². The van der Waals surface area contributed by atoms with Crippen LogP contribution in [0.1, 0.15) is 27.2 Å². The number of aliphatic hydroxyl groups excluding tert-OH is 1. The Kier molecular flexibility index (Phi) is 4.70. The summed E-state index contributed by atoms with van der Waals surface area (Å²) in [6, 6.07) is 5.68. The van der Waals surface area contributed by atoms with Crippen LogP contribution < -0.4 is 5.43 Å². The molecule has 2 rings (SSSR count). The lowest BCUT2D eigenvalue weighted by Gasteiger charge is -2.07. The molecular formula is C15H15N3O4. The lowest BCUT2D eigenvalue weighted by atomic mass is 10.1. The number of aromatic hydroxyl groups is 2. The van der Waals surface area contributed by atoms with Gasteiger partial charge in [0.25, 0.3) is 5.91 Å². The minimum Gasteiger partial charge on any atom is -0.508 e. The van der Waals surface area contributed by atoms with E-state index in [0.29, 0.717) is 22.4 Å². The Morgan fingerprint density at radius 3 is 2.64 bits per heavy atom. The van der Waals surface area contributed by atoms with Crippen molar-refractivity contribution in [3.05, 3.63) is 52.8 Å². The van der Waals surface area contributed by atoms with Crippen LogP contribution in [0.25, 0.3) is 0 Å². The fourth-order valence-electron chi connectivity index (χ4n) is 1.76. The van der Waals surface area contributed by atoms with E-state index in [0.717, 1.165) is 0 Å². The lowest BCUT2D eigenvalue weighted by Crippen LogP contribution is -2.17. The normalized spacial score (nSPS) is 10.8. The van der Waals surface area contributed by atoms with Gasteiger partial charge in [0, 0.05) is 22.9 Å². The number of nitrogens with one attached hydrogen (secondary N) is 1. The minimum atomic E-state index is -0.466. The zero-order chi connectivity index (χ0) is 16.1. The Bertz CT molecular complexity index is 711. The Morgan fingerprint density at radius 1 is 1.32 bits per heavy atom. The molecule has 22 heavy (non-hydrogen) atoms. The summed E-state index contributed by atoms with van der Waals surface area (Å²) in [5, 5.41) is 32.1. The van der Waals surface area contributed by atoms with Gasteiger partial charge >= 0.3 is 0 Å². The quantitative estimate of drug-likeness (QED) is 0.498. The number of amides is 1. The van der Waals surface area contributed by atoms with Crippen molar-refractivity contribution in [2.75, 3.05) is 0 Å². The highest BCUT2D eigenvalue weighted by molar-refractivity contribution is 5.95. The first-order valence-corrected chi connectivity index (χ1v) is 6.43. The number of hydrogen-bond acceptors (Lipinski definition) is 6. The smallest absolute Gasteiger partial charge is 0.271 e. The van der Waals surface area contributed by atoms with E-state index in [4.69, 9.17) is 5.11 Å². The Morgan fingerprint density at radius 2 is 2.00 bits per heavy atom. The molecule has 7 nitrogen and oxygen atoms in total. The summed E-state index contributed by atoms with van der Waals surface area (Å²) in [7, 11) is 0. The number of benzene rings is 1. The molecule has 0 aliphatic heterocycles. The average molecular weight is 301 g/mol. The maximum Gasteiger partial charge on any atom is 0.271 e. The molecule has 0 saturated heterocycles. The molecule has 7 heteroatoms. The molecule has 0 aliphatic rings. The summed E-state index contributed by atoms with van der Waals surface area (Å²) < 4.78 is 0. The number of carbonyl (C=O) groups excluding carboxylic acids is 1. The first kappa shape index (κ1) is 15.5. The molecule has 1 heterocycles. The van der Waals surface area contributed by atoms with Crippen LogP contribution in [0, 0.1) is 6.92 Å². The van der Waals surface area contributed by atoms with E-state index in [2.05, 4.69) is 15.5 Å². The van der Waals surface area contributed by atoms with E-state index in [9.17, 15) is 15.0 Å². The fraction of sp³-hybridized carbons (Fsp3) is 0.133. The number of phenols is 1. The molecule has 2 aromatic rings. The molecule has 1 amide bonds. The number of hydrazone groups is 1. The molecule has 1 aromatic heterocycles. The number of carbonyl (C=O) groups is 1. The number of nitrogens with zero attached hydrogens (tertiary/aromatic N) is 2. The monoisotopic (exact) mass is 301 g/mol. The van der Waals surface area contributed by atoms with Gasteiger partial charge in [-0.05, 0) is 31.2 Å². The van der Waals surface area contributed by atoms with E-state index in [-0.39, 0.29) is 18.1 Å². The van der Waals surface area contributed by atoms with Crippen molar-refractivity contribution in [2.24, 2.45) is 5.10 Å². The minimum absolute atomic E-state index is 0.0600. The van der Waals surface area contributed by atoms with Gasteiger partial charge in [0.15, 0.2) is 0 Å². The summed E-state index contributed by atoms with van der Waals surface area (Å²) in [6.07, 6.45) is 2.67. The van der Waals surface area contributed by atoms with Crippen molar-refractivity contribution < 1.29 is 20.1 Å². The molecule has 0 unspecified atom stereocenters. The van der Waals surface area contributed by atoms with Crippen molar-refractivity contribution in [2.45, 2.75) is 13.5 Å². The second-order valence-corrected chi connectivity index (χ2v) is 4.54. The van der Waals surface area contributed by atoms with Gasteiger partial charge in [0.05, 0.1) is 18.5 Å². The van der Waals surface area contributed by atoms with Crippen LogP contribution in [-0.4, -0.2) is 32.4 Å². The number of pyridine rings is 1. The van der Waals surface area contributed by atoms with Crippen LogP contribution >= 0.6 is 0 Å². The van der Waals surface area contributed by atoms with E-state index >= 15 is 0 Å². The van der Waals surface area contributed by atoms with Crippen molar-refractivity contribution in [3.63, 3.8) is 0 Å². The summed E-state index contributed by atoms with van der Waals surface area (Å²) in [5.74, 6) is -0.508. The largest absolute Gasteiger partial charge is 0.508 e. The number of aromatic nitrogens is 1. The fourth-order valence-corrected chi connectivity index (χ4v) is 1.76. The summed E-state index contributed by atoms with van der Waals surface area (Å²) in [4.78, 5) is 15.7. The zero-order valence-corrected chi connectivity index (χ0v) is 11.8. The van der Waals surface area contributed by atoms with Crippen molar-refractivity contribution in [1.29, 1.82) is 0 Å². The summed E-state index contributed by atoms with van der Waals surface area (Å²) in [6.45, 7) is 1.30. The highest BCUT2D eigenvalue weighted by Crippen LogP contribution is 2.21. The van der Waals surface area contributed by atoms with Crippen LogP contribution in [-0.2, 0) is 6.61 Å². The second-order valence-electron chi connectivity index (χ2n) is 4.54. The van der Waals surface area contributed by atoms with Gasteiger partial charge < -0.3 is 15.3 Å². The molecule has 0 aliphatic carbocycles. The standard InChI is InChI=1S/C15H15N3O4/c1-9-14(21)13(11(8-19)6-16-9)7-17-18-15(22)10-2-4-12(20)5-3-10/h2-7,19-21H,8H2,1H3,(H,18,22)/b17-7-. The van der Waals surface area contributed by atoms with Gasteiger partial charge in [-0.2, -0.15) is 5.10 Å². The third kappa shape index (κ3) is 3.39. The van der Waals surface area contributed by atoms with Crippen LogP contribution in [0.2, 0.25) is 0 Å². The number of phenolic OH excluding ortho intramolecular Hbond substituents is 1. The first-order chi connectivity index (χ1) is 10.5. The molecule has 0 saturated carbocycles. The Labute approximate surface area is 126 Å². The highest BCUT2D eigenvalue weighted by atomic mass is 16.3. The molecule has 114 valence electrons. The van der Waals surface area contributed by atoms with Gasteiger partial charge in [-0.25, -0.2) is 5.43 Å². The molecule has 0 fully saturated rings. The number of rotatable bonds is 4. The maximum atomic E-state index is 11.8. The molecular weight excluding hydrogens is 286 g/mol. The summed E-state index contributed by atoms with van der Waals surface area (Å²) >= 11 is 0. The molecule has 0 spiro atoms. The maximum absolute atomic E-state index is 11.8. The van der Waals surface area contributed by atoms with E-state index in [1.807, 2.05) is 0 Å². The number of hydrogen-bond donors (Lipinski definition) is 4. The number of aryl methyl sites for hydroxylation is 1. The zero-order valence-electron chi connectivity index (χ0n) is 11.8. The second kappa shape index (κ2) is 6.68. The predicted molar refractivity (Wildman–Crippen MR) is 79.7 cm³/mol. The number of aliphatic hydroxyl groups is 1. The average Bonchev–Trinajstić information content (AvgIpc) is 2.52. The van der Waals surface area contributed by atoms with Crippen LogP contribution in [0.3, 0.4) is 0 Å². The SMILES string of the molecule is Cc1ncc(CO)c(/C=N\NC(=O)c2ccc(O)cc2)c1O. The van der Waals surface area contributed by atoms with Crippen molar-refractivity contribution in [1.82, 2.24) is 10.4 Å². The van der Waals surface area contributed by atoms with Crippen molar-refractivity contribution >= 4 is 12.1 Å². The Hall–Kier alpha value is -2.93. The van der Waals surface area contributed by atoms with E-state index in [1.54, 1.807) is 6.92 Å². The van der Waals surface area contributed by atoms with Gasteiger partial charge in [-0.15, -0.1) is 0 Å². The van der Waals surface area contributed by atoms with Crippen LogP contribution in [0.5, 0.6) is 11.5 Å². The molecule has 0 atom stereocenters. The summed E-state index contributed by atoms with van der Waals surface area (Å²) in [5.41, 5.74) is 3.71. The molecule has 0 bridgehead atoms. The third-order valence-corrected chi connectivity index (χ3v) is 3.02. The lowest BCUT2D eigenvalue weighted by molar-refractivity contribution is 0.0955. The molecule has 0 radical (unpaired) electrons. The topological polar surface area (TPSA) is 115 Å². The van der Waals surface area contributed by atoms with Gasteiger partial charge in [0.2, 0.25) is 0 Å². The third-order valence-electron chi connectivity index (χ3n) is 3.02.